The topological polar surface area (TPSA) is 17.1 Å². The molecule has 0 saturated heterocycles. The van der Waals surface area contributed by atoms with Gasteiger partial charge in [-0.25, -0.2) is 0 Å². The molecular formula is C12H20O. The molecule has 1 saturated carbocycles. The molecule has 0 spiro atoms. The number of allylic oxidation sites excluding steroid dienone is 1. The van der Waals surface area contributed by atoms with Crippen molar-refractivity contribution in [3.63, 3.8) is 0 Å². The highest BCUT2D eigenvalue weighted by atomic mass is 16.1. The van der Waals surface area contributed by atoms with E-state index in [1.807, 2.05) is 6.92 Å². The summed E-state index contributed by atoms with van der Waals surface area (Å²) in [6, 6.07) is 0. The molecule has 2 atom stereocenters. The summed E-state index contributed by atoms with van der Waals surface area (Å²) in [6.45, 7) is 10.2. The zero-order valence-electron chi connectivity index (χ0n) is 9.02. The van der Waals surface area contributed by atoms with E-state index in [4.69, 9.17) is 0 Å². The lowest BCUT2D eigenvalue weighted by molar-refractivity contribution is -0.133. The lowest BCUT2D eigenvalue weighted by atomic mass is 9.65. The summed E-state index contributed by atoms with van der Waals surface area (Å²) in [7, 11) is 0. The molecule has 0 heterocycles. The summed E-state index contributed by atoms with van der Waals surface area (Å²) in [5.41, 5.74) is 1.01. The standard InChI is InChI=1S/C12H20O/c1-9(2)8-12(4)10(3)6-5-7-11(12)13/h10H,1,5-8H2,2-4H3/t10-,12+/m1/s1. The van der Waals surface area contributed by atoms with E-state index >= 15 is 0 Å². The maximum atomic E-state index is 11.8. The largest absolute Gasteiger partial charge is 0.299 e. The van der Waals surface area contributed by atoms with Crippen molar-refractivity contribution in [1.82, 2.24) is 0 Å². The van der Waals surface area contributed by atoms with Gasteiger partial charge in [-0.05, 0) is 32.1 Å². The van der Waals surface area contributed by atoms with Crippen LogP contribution in [-0.2, 0) is 4.79 Å². The lowest BCUT2D eigenvalue weighted by Gasteiger charge is -2.38. The van der Waals surface area contributed by atoms with Crippen molar-refractivity contribution in [2.24, 2.45) is 11.3 Å². The number of hydrogen-bond acceptors (Lipinski definition) is 1. The van der Waals surface area contributed by atoms with E-state index in [0.29, 0.717) is 11.7 Å². The van der Waals surface area contributed by atoms with Crippen LogP contribution in [0.3, 0.4) is 0 Å². The molecule has 0 N–H and O–H groups in total. The van der Waals surface area contributed by atoms with Crippen LogP contribution in [0.5, 0.6) is 0 Å². The Morgan fingerprint density at radius 3 is 2.77 bits per heavy atom. The van der Waals surface area contributed by atoms with Gasteiger partial charge in [-0.15, -0.1) is 6.58 Å². The van der Waals surface area contributed by atoms with Gasteiger partial charge in [0.2, 0.25) is 0 Å². The first-order chi connectivity index (χ1) is 5.97. The molecule has 0 bridgehead atoms. The molecule has 74 valence electrons. The van der Waals surface area contributed by atoms with Gasteiger partial charge in [0.25, 0.3) is 0 Å². The van der Waals surface area contributed by atoms with Gasteiger partial charge < -0.3 is 0 Å². The molecule has 1 rings (SSSR count). The molecule has 0 radical (unpaired) electrons. The fourth-order valence-corrected chi connectivity index (χ4v) is 2.35. The average molecular weight is 180 g/mol. The van der Waals surface area contributed by atoms with Gasteiger partial charge >= 0.3 is 0 Å². The molecule has 1 heteroatoms. The number of ketones is 1. The maximum Gasteiger partial charge on any atom is 0.139 e. The van der Waals surface area contributed by atoms with Crippen LogP contribution in [-0.4, -0.2) is 5.78 Å². The first kappa shape index (κ1) is 10.5. The van der Waals surface area contributed by atoms with E-state index in [9.17, 15) is 4.79 Å². The molecule has 1 aliphatic carbocycles. The van der Waals surface area contributed by atoms with Crippen molar-refractivity contribution in [1.29, 1.82) is 0 Å². The number of Topliss-reactive ketones (excluding diaryl/α,β-unsaturated/α-hetero) is 1. The Balaban J connectivity index is 2.81. The first-order valence-electron chi connectivity index (χ1n) is 5.14. The number of hydrogen-bond donors (Lipinski definition) is 0. The predicted molar refractivity (Wildman–Crippen MR) is 55.6 cm³/mol. The van der Waals surface area contributed by atoms with Crippen molar-refractivity contribution >= 4 is 5.78 Å². The third kappa shape index (κ3) is 2.01. The van der Waals surface area contributed by atoms with Crippen LogP contribution >= 0.6 is 0 Å². The minimum Gasteiger partial charge on any atom is -0.299 e. The van der Waals surface area contributed by atoms with Crippen molar-refractivity contribution < 1.29 is 4.79 Å². The summed E-state index contributed by atoms with van der Waals surface area (Å²) < 4.78 is 0. The number of carbonyl (C=O) groups excluding carboxylic acids is 1. The summed E-state index contributed by atoms with van der Waals surface area (Å²) in [5.74, 6) is 0.958. The van der Waals surface area contributed by atoms with E-state index in [-0.39, 0.29) is 5.41 Å². The molecule has 1 aliphatic rings. The molecule has 1 nitrogen and oxygen atoms in total. The second-order valence-electron chi connectivity index (χ2n) is 4.77. The van der Waals surface area contributed by atoms with Crippen molar-refractivity contribution in [2.45, 2.75) is 46.5 Å². The van der Waals surface area contributed by atoms with Gasteiger partial charge in [0.15, 0.2) is 0 Å². The van der Waals surface area contributed by atoms with E-state index in [0.717, 1.165) is 24.8 Å². The molecule has 1 fully saturated rings. The Kier molecular flexibility index (Phi) is 2.94. The second-order valence-corrected chi connectivity index (χ2v) is 4.77. The van der Waals surface area contributed by atoms with E-state index in [1.165, 1.54) is 6.42 Å². The van der Waals surface area contributed by atoms with Crippen LogP contribution < -0.4 is 0 Å². The highest BCUT2D eigenvalue weighted by Crippen LogP contribution is 2.42. The summed E-state index contributed by atoms with van der Waals surface area (Å²) >= 11 is 0. The molecular weight excluding hydrogens is 160 g/mol. The van der Waals surface area contributed by atoms with E-state index in [1.54, 1.807) is 0 Å². The van der Waals surface area contributed by atoms with Crippen molar-refractivity contribution in [3.05, 3.63) is 12.2 Å². The fourth-order valence-electron chi connectivity index (χ4n) is 2.35. The molecule has 0 aromatic heterocycles. The van der Waals surface area contributed by atoms with Gasteiger partial charge in [0.05, 0.1) is 0 Å². The Morgan fingerprint density at radius 2 is 2.31 bits per heavy atom. The van der Waals surface area contributed by atoms with Crippen molar-refractivity contribution in [3.8, 4) is 0 Å². The summed E-state index contributed by atoms with van der Waals surface area (Å²) in [4.78, 5) is 11.8. The highest BCUT2D eigenvalue weighted by Gasteiger charge is 2.40. The number of rotatable bonds is 2. The van der Waals surface area contributed by atoms with E-state index < -0.39 is 0 Å². The predicted octanol–water partition coefficient (Wildman–Crippen LogP) is 3.35. The third-order valence-corrected chi connectivity index (χ3v) is 3.43. The van der Waals surface area contributed by atoms with Gasteiger partial charge in [-0.1, -0.05) is 19.4 Å². The fraction of sp³-hybridized carbons (Fsp3) is 0.750. The Labute approximate surface area is 81.2 Å². The SMILES string of the molecule is C=C(C)C[C@]1(C)C(=O)CCC[C@H]1C. The molecule has 0 amide bonds. The number of carbonyl (C=O) groups is 1. The molecule has 0 aliphatic heterocycles. The van der Waals surface area contributed by atoms with E-state index in [2.05, 4.69) is 20.4 Å². The molecule has 0 aromatic rings. The normalized spacial score (nSPS) is 34.7. The quantitative estimate of drug-likeness (QED) is 0.596. The van der Waals surface area contributed by atoms with Crippen LogP contribution in [0.1, 0.15) is 46.5 Å². The Hall–Kier alpha value is -0.590. The van der Waals surface area contributed by atoms with Crippen LogP contribution in [0.15, 0.2) is 12.2 Å². The Bertz CT molecular complexity index is 229. The summed E-state index contributed by atoms with van der Waals surface area (Å²) in [6.07, 6.45) is 3.91. The maximum absolute atomic E-state index is 11.8. The molecule has 0 unspecified atom stereocenters. The minimum absolute atomic E-state index is 0.121. The smallest absolute Gasteiger partial charge is 0.139 e. The zero-order chi connectivity index (χ0) is 10.1. The zero-order valence-corrected chi connectivity index (χ0v) is 9.02. The van der Waals surface area contributed by atoms with Crippen molar-refractivity contribution in [2.75, 3.05) is 0 Å². The highest BCUT2D eigenvalue weighted by molar-refractivity contribution is 5.85. The average Bonchev–Trinajstić information content (AvgIpc) is 1.99. The van der Waals surface area contributed by atoms with Crippen LogP contribution in [0.2, 0.25) is 0 Å². The van der Waals surface area contributed by atoms with Gasteiger partial charge in [0, 0.05) is 11.8 Å². The second kappa shape index (κ2) is 3.65. The van der Waals surface area contributed by atoms with Crippen LogP contribution in [0.25, 0.3) is 0 Å². The molecule has 0 aromatic carbocycles. The monoisotopic (exact) mass is 180 g/mol. The van der Waals surface area contributed by atoms with Crippen LogP contribution in [0, 0.1) is 11.3 Å². The van der Waals surface area contributed by atoms with Gasteiger partial charge in [-0.3, -0.25) is 4.79 Å². The van der Waals surface area contributed by atoms with Crippen LogP contribution in [0.4, 0.5) is 0 Å². The van der Waals surface area contributed by atoms with Gasteiger partial charge in [-0.2, -0.15) is 0 Å². The minimum atomic E-state index is -0.121. The third-order valence-electron chi connectivity index (χ3n) is 3.43. The lowest BCUT2D eigenvalue weighted by Crippen LogP contribution is -2.38. The Morgan fingerprint density at radius 1 is 1.69 bits per heavy atom. The van der Waals surface area contributed by atoms with Gasteiger partial charge in [0.1, 0.15) is 5.78 Å². The molecule has 13 heavy (non-hydrogen) atoms. The summed E-state index contributed by atoms with van der Waals surface area (Å²) in [5, 5.41) is 0. The first-order valence-corrected chi connectivity index (χ1v) is 5.14.